The zero-order chi connectivity index (χ0) is 18.4. The average molecular weight is 365 g/mol. The lowest BCUT2D eigenvalue weighted by atomic mass is 10.1. The maximum Gasteiger partial charge on any atom is 0.308 e. The Hall–Kier alpha value is -2.28. The summed E-state index contributed by atoms with van der Waals surface area (Å²) in [5, 5.41) is 0. The summed E-state index contributed by atoms with van der Waals surface area (Å²) in [5.41, 5.74) is 0.781. The van der Waals surface area contributed by atoms with Crippen molar-refractivity contribution in [1.29, 1.82) is 0 Å². The van der Waals surface area contributed by atoms with E-state index in [4.69, 9.17) is 8.60 Å². The summed E-state index contributed by atoms with van der Waals surface area (Å²) in [6.45, 7) is 5.81. The predicted molar refractivity (Wildman–Crippen MR) is 94.9 cm³/mol. The van der Waals surface area contributed by atoms with Gasteiger partial charge in [-0.15, -0.1) is 0 Å². The number of carbonyl (C=O) groups excluding carboxylic acids is 1. The first-order valence-corrected chi connectivity index (χ1v) is 9.79. The number of hydrogen-bond acceptors (Lipinski definition) is 5. The molecule has 1 heterocycles. The molecule has 1 aromatic carbocycles. The molecule has 0 radical (unpaired) electrons. The first-order chi connectivity index (χ1) is 11.9. The van der Waals surface area contributed by atoms with Crippen LogP contribution in [-0.2, 0) is 16.7 Å². The second-order valence-electron chi connectivity index (χ2n) is 5.74. The Morgan fingerprint density at radius 3 is 2.60 bits per heavy atom. The smallest absolute Gasteiger partial charge is 0.308 e. The molecule has 1 atom stereocenters. The van der Waals surface area contributed by atoms with Gasteiger partial charge in [-0.05, 0) is 50.1 Å². The van der Waals surface area contributed by atoms with Gasteiger partial charge in [-0.3, -0.25) is 4.79 Å². The van der Waals surface area contributed by atoms with Gasteiger partial charge in [0.2, 0.25) is 0 Å². The van der Waals surface area contributed by atoms with Gasteiger partial charge in [0.05, 0.1) is 12.0 Å². The molecule has 0 saturated heterocycles. The van der Waals surface area contributed by atoms with E-state index in [0.29, 0.717) is 6.54 Å². The van der Waals surface area contributed by atoms with Gasteiger partial charge < -0.3 is 13.5 Å². The Bertz CT molecular complexity index is 799. The molecule has 0 spiro atoms. The number of rotatable bonds is 8. The molecule has 0 fully saturated rings. The minimum atomic E-state index is -3.59. The van der Waals surface area contributed by atoms with Crippen LogP contribution in [-0.4, -0.2) is 31.0 Å². The van der Waals surface area contributed by atoms with E-state index in [-0.39, 0.29) is 29.2 Å². The van der Waals surface area contributed by atoms with Gasteiger partial charge in [-0.25, -0.2) is 0 Å². The van der Waals surface area contributed by atoms with Crippen molar-refractivity contribution in [2.24, 2.45) is 0 Å². The molecule has 1 amide bonds. The van der Waals surface area contributed by atoms with Gasteiger partial charge in [0.25, 0.3) is 5.91 Å². The Balaban J connectivity index is 2.23. The van der Waals surface area contributed by atoms with E-state index >= 15 is 0 Å². The number of nitrogens with zero attached hydrogens (tertiary/aromatic N) is 1. The highest BCUT2D eigenvalue weighted by atomic mass is 32.2. The highest BCUT2D eigenvalue weighted by Gasteiger charge is 2.23. The summed E-state index contributed by atoms with van der Waals surface area (Å²) in [6.07, 6.45) is 2.25. The molecule has 25 heavy (non-hydrogen) atoms. The standard InChI is InChI=1S/C18H23NO5S/c1-4-14(3)19(18(20)17-10-7-11-23-17)13-15-8-6-9-16(12-15)24-25(21,22)5-2/h6-12,14H,4-5,13H2,1-3H3. The minimum Gasteiger partial charge on any atom is -0.459 e. The zero-order valence-electron chi connectivity index (χ0n) is 14.6. The Kier molecular flexibility index (Phi) is 6.25. The molecule has 0 aliphatic rings. The third kappa shape index (κ3) is 5.09. The number of hydrogen-bond donors (Lipinski definition) is 0. The van der Waals surface area contributed by atoms with E-state index in [1.165, 1.54) is 13.2 Å². The Morgan fingerprint density at radius 2 is 2.00 bits per heavy atom. The summed E-state index contributed by atoms with van der Waals surface area (Å²) in [4.78, 5) is 14.4. The van der Waals surface area contributed by atoms with Crippen molar-refractivity contribution in [2.45, 2.75) is 39.8 Å². The molecular formula is C18H23NO5S. The second-order valence-corrected chi connectivity index (χ2v) is 7.60. The molecule has 7 heteroatoms. The first kappa shape index (κ1) is 19.1. The zero-order valence-corrected chi connectivity index (χ0v) is 15.5. The van der Waals surface area contributed by atoms with E-state index in [2.05, 4.69) is 0 Å². The summed E-state index contributed by atoms with van der Waals surface area (Å²) in [7, 11) is -3.59. The van der Waals surface area contributed by atoms with Crippen molar-refractivity contribution < 1.29 is 21.8 Å². The Labute approximate surface area is 148 Å². The fraction of sp³-hybridized carbons (Fsp3) is 0.389. The third-order valence-electron chi connectivity index (χ3n) is 3.94. The molecule has 0 saturated carbocycles. The molecule has 1 aromatic heterocycles. The van der Waals surface area contributed by atoms with E-state index < -0.39 is 10.1 Å². The van der Waals surface area contributed by atoms with Gasteiger partial charge in [-0.1, -0.05) is 19.1 Å². The van der Waals surface area contributed by atoms with Gasteiger partial charge in [0.15, 0.2) is 5.76 Å². The van der Waals surface area contributed by atoms with E-state index in [1.54, 1.807) is 35.2 Å². The van der Waals surface area contributed by atoms with E-state index in [0.717, 1.165) is 12.0 Å². The molecule has 1 unspecified atom stereocenters. The molecule has 0 aliphatic carbocycles. The monoisotopic (exact) mass is 365 g/mol. The molecule has 136 valence electrons. The van der Waals surface area contributed by atoms with E-state index in [9.17, 15) is 13.2 Å². The van der Waals surface area contributed by atoms with Crippen LogP contribution in [0.15, 0.2) is 47.1 Å². The maximum atomic E-state index is 12.7. The highest BCUT2D eigenvalue weighted by Crippen LogP contribution is 2.20. The minimum absolute atomic E-state index is 0.00143. The number of furan rings is 1. The maximum absolute atomic E-state index is 12.7. The van der Waals surface area contributed by atoms with Crippen LogP contribution >= 0.6 is 0 Å². The SMILES string of the molecule is CCC(C)N(Cc1cccc(OS(=O)(=O)CC)c1)C(=O)c1ccco1. The quantitative estimate of drug-likeness (QED) is 0.670. The summed E-state index contributed by atoms with van der Waals surface area (Å²) in [6, 6.07) is 10.1. The van der Waals surface area contributed by atoms with Crippen LogP contribution in [0.4, 0.5) is 0 Å². The molecular weight excluding hydrogens is 342 g/mol. The van der Waals surface area contributed by atoms with Crippen LogP contribution in [0.25, 0.3) is 0 Å². The summed E-state index contributed by atoms with van der Waals surface area (Å²) < 4.78 is 33.5. The normalized spacial score (nSPS) is 12.6. The predicted octanol–water partition coefficient (Wildman–Crippen LogP) is 3.45. The van der Waals surface area contributed by atoms with Crippen LogP contribution in [0.5, 0.6) is 5.75 Å². The third-order valence-corrected chi connectivity index (χ3v) is 5.10. The van der Waals surface area contributed by atoms with Crippen molar-refractivity contribution in [3.05, 3.63) is 54.0 Å². The van der Waals surface area contributed by atoms with Crippen LogP contribution in [0.2, 0.25) is 0 Å². The lowest BCUT2D eigenvalue weighted by Gasteiger charge is -2.28. The highest BCUT2D eigenvalue weighted by molar-refractivity contribution is 7.87. The van der Waals surface area contributed by atoms with Crippen LogP contribution in [0, 0.1) is 0 Å². The van der Waals surface area contributed by atoms with Gasteiger partial charge in [0, 0.05) is 12.6 Å². The Morgan fingerprint density at radius 1 is 1.24 bits per heavy atom. The molecule has 2 rings (SSSR count). The molecule has 0 aliphatic heterocycles. The molecule has 6 nitrogen and oxygen atoms in total. The van der Waals surface area contributed by atoms with Crippen molar-refractivity contribution in [1.82, 2.24) is 4.90 Å². The number of amides is 1. The van der Waals surface area contributed by atoms with Crippen LogP contribution in [0.3, 0.4) is 0 Å². The van der Waals surface area contributed by atoms with E-state index in [1.807, 2.05) is 19.9 Å². The van der Waals surface area contributed by atoms with Crippen LogP contribution < -0.4 is 4.18 Å². The fourth-order valence-corrected chi connectivity index (χ4v) is 2.80. The summed E-state index contributed by atoms with van der Waals surface area (Å²) >= 11 is 0. The fourth-order valence-electron chi connectivity index (χ4n) is 2.29. The van der Waals surface area contributed by atoms with Gasteiger partial charge in [-0.2, -0.15) is 8.42 Å². The largest absolute Gasteiger partial charge is 0.459 e. The molecule has 0 bridgehead atoms. The number of carbonyl (C=O) groups is 1. The average Bonchev–Trinajstić information content (AvgIpc) is 3.13. The lowest BCUT2D eigenvalue weighted by Crippen LogP contribution is -2.37. The lowest BCUT2D eigenvalue weighted by molar-refractivity contribution is 0.0638. The number of benzene rings is 1. The van der Waals surface area contributed by atoms with Crippen LogP contribution in [0.1, 0.15) is 43.3 Å². The molecule has 0 N–H and O–H groups in total. The topological polar surface area (TPSA) is 76.8 Å². The van der Waals surface area contributed by atoms with Crippen molar-refractivity contribution in [3.63, 3.8) is 0 Å². The van der Waals surface area contributed by atoms with Gasteiger partial charge >= 0.3 is 10.1 Å². The van der Waals surface area contributed by atoms with Gasteiger partial charge in [0.1, 0.15) is 5.75 Å². The first-order valence-electron chi connectivity index (χ1n) is 8.21. The second kappa shape index (κ2) is 8.20. The summed E-state index contributed by atoms with van der Waals surface area (Å²) in [5.74, 6) is 0.217. The van der Waals surface area contributed by atoms with Crippen molar-refractivity contribution >= 4 is 16.0 Å². The van der Waals surface area contributed by atoms with Crippen molar-refractivity contribution in [3.8, 4) is 5.75 Å². The molecule has 2 aromatic rings. The van der Waals surface area contributed by atoms with Crippen molar-refractivity contribution in [2.75, 3.05) is 5.75 Å².